The minimum atomic E-state index is 0.255. The van der Waals surface area contributed by atoms with Crippen molar-refractivity contribution < 1.29 is 5.11 Å². The van der Waals surface area contributed by atoms with Gasteiger partial charge in [-0.1, -0.05) is 12.8 Å². The van der Waals surface area contributed by atoms with E-state index in [1.165, 1.54) is 18.4 Å². The summed E-state index contributed by atoms with van der Waals surface area (Å²) in [4.78, 5) is 3.27. The molecule has 1 aromatic carbocycles. The maximum atomic E-state index is 9.59. The van der Waals surface area contributed by atoms with Crippen LogP contribution in [-0.2, 0) is 0 Å². The van der Waals surface area contributed by atoms with Crippen LogP contribution in [0.1, 0.15) is 37.2 Å². The minimum absolute atomic E-state index is 0.255. The van der Waals surface area contributed by atoms with Crippen molar-refractivity contribution in [2.45, 2.75) is 37.6 Å². The fraction of sp³-hybridized carbons (Fsp3) is 0.429. The normalized spacial score (nSPS) is 25.2. The van der Waals surface area contributed by atoms with E-state index in [9.17, 15) is 5.11 Å². The van der Waals surface area contributed by atoms with Crippen molar-refractivity contribution in [3.05, 3.63) is 30.0 Å². The number of benzene rings is 1. The lowest BCUT2D eigenvalue weighted by molar-refractivity contribution is 0.387. The number of H-pyrrole nitrogens is 1. The van der Waals surface area contributed by atoms with Gasteiger partial charge in [0, 0.05) is 29.1 Å². The summed E-state index contributed by atoms with van der Waals surface area (Å²) in [7, 11) is 0. The van der Waals surface area contributed by atoms with E-state index < -0.39 is 0 Å². The Labute approximate surface area is 101 Å². The van der Waals surface area contributed by atoms with Gasteiger partial charge in [-0.05, 0) is 36.6 Å². The molecule has 1 heterocycles. The molecular formula is C14H18N2O. The predicted octanol–water partition coefficient (Wildman–Crippen LogP) is 2.86. The molecule has 1 fully saturated rings. The number of aromatic nitrogens is 1. The second-order valence-electron chi connectivity index (χ2n) is 5.03. The van der Waals surface area contributed by atoms with Crippen molar-refractivity contribution in [2.24, 2.45) is 5.73 Å². The molecule has 2 aromatic rings. The van der Waals surface area contributed by atoms with Crippen LogP contribution in [0.4, 0.5) is 0 Å². The molecule has 17 heavy (non-hydrogen) atoms. The lowest BCUT2D eigenvalue weighted by Crippen LogP contribution is -2.31. The Morgan fingerprint density at radius 1 is 1.24 bits per heavy atom. The number of fused-ring (bicyclic) bond motifs is 1. The summed E-state index contributed by atoms with van der Waals surface area (Å²) < 4.78 is 0. The van der Waals surface area contributed by atoms with Crippen LogP contribution >= 0.6 is 0 Å². The summed E-state index contributed by atoms with van der Waals surface area (Å²) in [5.41, 5.74) is 8.57. The van der Waals surface area contributed by atoms with Crippen LogP contribution in [0.5, 0.6) is 5.75 Å². The molecule has 1 aromatic heterocycles. The molecule has 0 saturated heterocycles. The highest BCUT2D eigenvalue weighted by Gasteiger charge is 2.25. The van der Waals surface area contributed by atoms with Crippen LogP contribution in [0.25, 0.3) is 10.9 Å². The molecule has 0 radical (unpaired) electrons. The van der Waals surface area contributed by atoms with E-state index in [1.807, 2.05) is 12.1 Å². The Kier molecular flexibility index (Phi) is 2.56. The molecule has 3 rings (SSSR count). The topological polar surface area (TPSA) is 62.0 Å². The monoisotopic (exact) mass is 230 g/mol. The molecule has 4 N–H and O–H groups in total. The molecular weight excluding hydrogens is 212 g/mol. The summed E-state index contributed by atoms with van der Waals surface area (Å²) in [6.45, 7) is 0. The average Bonchev–Trinajstić information content (AvgIpc) is 2.72. The van der Waals surface area contributed by atoms with Crippen LogP contribution in [0.15, 0.2) is 24.4 Å². The van der Waals surface area contributed by atoms with Crippen LogP contribution in [-0.4, -0.2) is 16.1 Å². The van der Waals surface area contributed by atoms with Gasteiger partial charge in [-0.25, -0.2) is 0 Å². The number of aromatic amines is 1. The molecule has 1 aliphatic rings. The van der Waals surface area contributed by atoms with Crippen molar-refractivity contribution in [2.75, 3.05) is 0 Å². The lowest BCUT2D eigenvalue weighted by atomic mass is 9.80. The summed E-state index contributed by atoms with van der Waals surface area (Å²) in [5.74, 6) is 0.752. The van der Waals surface area contributed by atoms with Crippen molar-refractivity contribution in [3.8, 4) is 5.75 Å². The molecule has 0 amide bonds. The fourth-order valence-corrected chi connectivity index (χ4v) is 2.98. The first-order valence-electron chi connectivity index (χ1n) is 6.31. The molecule has 2 unspecified atom stereocenters. The Balaban J connectivity index is 2.07. The molecule has 90 valence electrons. The van der Waals surface area contributed by atoms with Gasteiger partial charge in [0.25, 0.3) is 0 Å². The summed E-state index contributed by atoms with van der Waals surface area (Å²) in [6.07, 6.45) is 6.81. The van der Waals surface area contributed by atoms with Gasteiger partial charge in [0.05, 0.1) is 0 Å². The van der Waals surface area contributed by atoms with Gasteiger partial charge >= 0.3 is 0 Å². The molecule has 0 aliphatic heterocycles. The zero-order chi connectivity index (χ0) is 11.8. The Bertz CT molecular complexity index is 532. The average molecular weight is 230 g/mol. The number of hydrogen-bond donors (Lipinski definition) is 3. The Morgan fingerprint density at radius 3 is 2.88 bits per heavy atom. The van der Waals surface area contributed by atoms with Gasteiger partial charge in [0.2, 0.25) is 0 Å². The molecule has 3 nitrogen and oxygen atoms in total. The molecule has 1 aliphatic carbocycles. The van der Waals surface area contributed by atoms with Crippen LogP contribution in [0.2, 0.25) is 0 Å². The van der Waals surface area contributed by atoms with Crippen molar-refractivity contribution in [3.63, 3.8) is 0 Å². The zero-order valence-electron chi connectivity index (χ0n) is 9.82. The van der Waals surface area contributed by atoms with E-state index in [1.54, 1.807) is 6.07 Å². The number of nitrogens with one attached hydrogen (secondary N) is 1. The van der Waals surface area contributed by atoms with Crippen LogP contribution in [0, 0.1) is 0 Å². The highest BCUT2D eigenvalue weighted by Crippen LogP contribution is 2.36. The first-order valence-corrected chi connectivity index (χ1v) is 6.31. The van der Waals surface area contributed by atoms with E-state index in [0.29, 0.717) is 11.7 Å². The second kappa shape index (κ2) is 4.08. The number of hydrogen-bond acceptors (Lipinski definition) is 2. The smallest absolute Gasteiger partial charge is 0.116 e. The molecule has 0 bridgehead atoms. The summed E-state index contributed by atoms with van der Waals surface area (Å²) >= 11 is 0. The summed E-state index contributed by atoms with van der Waals surface area (Å²) in [5, 5.41) is 10.7. The highest BCUT2D eigenvalue weighted by atomic mass is 16.3. The zero-order valence-corrected chi connectivity index (χ0v) is 9.82. The highest BCUT2D eigenvalue weighted by molar-refractivity contribution is 5.85. The van der Waals surface area contributed by atoms with Crippen molar-refractivity contribution in [1.82, 2.24) is 4.98 Å². The third-order valence-electron chi connectivity index (χ3n) is 3.92. The molecule has 3 heteroatoms. The number of aromatic hydroxyl groups is 1. The fourth-order valence-electron chi connectivity index (χ4n) is 2.98. The van der Waals surface area contributed by atoms with Gasteiger partial charge in [-0.2, -0.15) is 0 Å². The van der Waals surface area contributed by atoms with Crippen LogP contribution < -0.4 is 5.73 Å². The number of rotatable bonds is 1. The second-order valence-corrected chi connectivity index (χ2v) is 5.03. The molecule has 0 spiro atoms. The minimum Gasteiger partial charge on any atom is -0.508 e. The van der Waals surface area contributed by atoms with E-state index in [0.717, 1.165) is 23.7 Å². The summed E-state index contributed by atoms with van der Waals surface area (Å²) in [6, 6.07) is 5.72. The van der Waals surface area contributed by atoms with Crippen LogP contribution in [0.3, 0.4) is 0 Å². The van der Waals surface area contributed by atoms with Gasteiger partial charge in [0.15, 0.2) is 0 Å². The third kappa shape index (κ3) is 1.80. The quantitative estimate of drug-likeness (QED) is 0.705. The maximum absolute atomic E-state index is 9.59. The Hall–Kier alpha value is -1.48. The molecule has 1 saturated carbocycles. The van der Waals surface area contributed by atoms with Crippen molar-refractivity contribution >= 4 is 10.9 Å². The van der Waals surface area contributed by atoms with Gasteiger partial charge in [0.1, 0.15) is 5.75 Å². The van der Waals surface area contributed by atoms with E-state index >= 15 is 0 Å². The largest absolute Gasteiger partial charge is 0.508 e. The molecule has 2 atom stereocenters. The standard InChI is InChI=1S/C14H18N2O/c15-13-4-2-1-3-10(13)12-8-16-14-6-5-9(17)7-11(12)14/h5-8,10,13,16-17H,1-4,15H2. The Morgan fingerprint density at radius 2 is 2.06 bits per heavy atom. The predicted molar refractivity (Wildman–Crippen MR) is 69.1 cm³/mol. The number of nitrogens with two attached hydrogens (primary N) is 1. The van der Waals surface area contributed by atoms with E-state index in [2.05, 4.69) is 11.2 Å². The van der Waals surface area contributed by atoms with Gasteiger partial charge in [-0.15, -0.1) is 0 Å². The number of phenolic OH excluding ortho intramolecular Hbond substituents is 1. The SMILES string of the molecule is NC1CCCCC1c1c[nH]c2ccc(O)cc12. The van der Waals surface area contributed by atoms with Crippen molar-refractivity contribution in [1.29, 1.82) is 0 Å². The lowest BCUT2D eigenvalue weighted by Gasteiger charge is -2.28. The van der Waals surface area contributed by atoms with E-state index in [-0.39, 0.29) is 6.04 Å². The first kappa shape index (κ1) is 10.7. The number of phenols is 1. The maximum Gasteiger partial charge on any atom is 0.116 e. The van der Waals surface area contributed by atoms with E-state index in [4.69, 9.17) is 5.73 Å². The van der Waals surface area contributed by atoms with Gasteiger partial charge in [-0.3, -0.25) is 0 Å². The third-order valence-corrected chi connectivity index (χ3v) is 3.92. The van der Waals surface area contributed by atoms with Gasteiger partial charge < -0.3 is 15.8 Å². The first-order chi connectivity index (χ1) is 8.25.